The molecule has 0 aromatic heterocycles. The number of aliphatic hydroxyl groups is 1. The van der Waals surface area contributed by atoms with Crippen molar-refractivity contribution in [2.75, 3.05) is 18.9 Å². The average molecular weight is 265 g/mol. The smallest absolute Gasteiger partial charge is 0.233 e. The van der Waals surface area contributed by atoms with E-state index in [0.29, 0.717) is 11.7 Å². The highest BCUT2D eigenvalue weighted by molar-refractivity contribution is 8.00. The predicted octanol–water partition coefficient (Wildman–Crippen LogP) is 2.01. The zero-order chi connectivity index (χ0) is 13.0. The Labute approximate surface area is 112 Å². The standard InChI is InChI=1S/C14H19NO2S/c1-11-7-8-15(13(11)9-16)14(17)10-18-12-5-3-2-4-6-12/h2-6,11,13,16H,7-10H2,1H3. The summed E-state index contributed by atoms with van der Waals surface area (Å²) in [6.45, 7) is 2.95. The molecule has 1 N–H and O–H groups in total. The SMILES string of the molecule is CC1CCN(C(=O)CSc2ccccc2)C1CO. The molecular weight excluding hydrogens is 246 g/mol. The summed E-state index contributed by atoms with van der Waals surface area (Å²) in [4.78, 5) is 15.1. The number of rotatable bonds is 4. The Bertz CT molecular complexity index is 396. The van der Waals surface area contributed by atoms with Crippen LogP contribution >= 0.6 is 11.8 Å². The Morgan fingerprint density at radius 1 is 1.44 bits per heavy atom. The van der Waals surface area contributed by atoms with Crippen molar-refractivity contribution in [3.05, 3.63) is 30.3 Å². The number of hydrogen-bond donors (Lipinski definition) is 1. The summed E-state index contributed by atoms with van der Waals surface area (Å²) in [6.07, 6.45) is 0.993. The van der Waals surface area contributed by atoms with Crippen LogP contribution in [-0.4, -0.2) is 40.9 Å². The van der Waals surface area contributed by atoms with Crippen LogP contribution in [0.25, 0.3) is 0 Å². The molecule has 2 atom stereocenters. The van der Waals surface area contributed by atoms with Crippen LogP contribution in [0, 0.1) is 5.92 Å². The first-order valence-electron chi connectivity index (χ1n) is 6.30. The maximum absolute atomic E-state index is 12.1. The molecule has 1 aliphatic heterocycles. The monoisotopic (exact) mass is 265 g/mol. The molecule has 0 bridgehead atoms. The lowest BCUT2D eigenvalue weighted by atomic mass is 10.0. The Morgan fingerprint density at radius 3 is 2.83 bits per heavy atom. The van der Waals surface area contributed by atoms with E-state index in [0.717, 1.165) is 17.9 Å². The minimum absolute atomic E-state index is 0.00822. The number of likely N-dealkylation sites (tertiary alicyclic amines) is 1. The largest absolute Gasteiger partial charge is 0.394 e. The van der Waals surface area contributed by atoms with E-state index in [4.69, 9.17) is 0 Å². The molecule has 18 heavy (non-hydrogen) atoms. The summed E-state index contributed by atoms with van der Waals surface area (Å²) in [5.41, 5.74) is 0. The van der Waals surface area contributed by atoms with E-state index >= 15 is 0 Å². The number of hydrogen-bond acceptors (Lipinski definition) is 3. The van der Waals surface area contributed by atoms with Crippen molar-refractivity contribution in [2.24, 2.45) is 5.92 Å². The van der Waals surface area contributed by atoms with E-state index in [9.17, 15) is 9.90 Å². The van der Waals surface area contributed by atoms with Crippen LogP contribution in [0.2, 0.25) is 0 Å². The van der Waals surface area contributed by atoms with E-state index in [1.54, 1.807) is 11.8 Å². The van der Waals surface area contributed by atoms with Crippen molar-refractivity contribution in [1.82, 2.24) is 4.90 Å². The van der Waals surface area contributed by atoms with E-state index in [1.165, 1.54) is 0 Å². The van der Waals surface area contributed by atoms with Gasteiger partial charge in [0.1, 0.15) is 0 Å². The van der Waals surface area contributed by atoms with Crippen LogP contribution < -0.4 is 0 Å². The van der Waals surface area contributed by atoms with E-state index in [-0.39, 0.29) is 18.6 Å². The molecule has 4 heteroatoms. The third kappa shape index (κ3) is 3.06. The lowest BCUT2D eigenvalue weighted by molar-refractivity contribution is -0.130. The minimum Gasteiger partial charge on any atom is -0.394 e. The van der Waals surface area contributed by atoms with Gasteiger partial charge in [-0.25, -0.2) is 0 Å². The Morgan fingerprint density at radius 2 is 2.17 bits per heavy atom. The molecule has 2 rings (SSSR count). The van der Waals surface area contributed by atoms with Gasteiger partial charge in [-0.15, -0.1) is 11.8 Å². The molecule has 0 radical (unpaired) electrons. The first-order valence-corrected chi connectivity index (χ1v) is 7.29. The number of benzene rings is 1. The zero-order valence-corrected chi connectivity index (χ0v) is 11.4. The molecule has 1 aromatic carbocycles. The fraction of sp³-hybridized carbons (Fsp3) is 0.500. The van der Waals surface area contributed by atoms with Gasteiger partial charge in [0.05, 0.1) is 18.4 Å². The molecule has 0 aliphatic carbocycles. The van der Waals surface area contributed by atoms with Gasteiger partial charge in [-0.3, -0.25) is 4.79 Å². The van der Waals surface area contributed by atoms with Gasteiger partial charge in [0.25, 0.3) is 0 Å². The lowest BCUT2D eigenvalue weighted by Crippen LogP contribution is -2.40. The molecule has 1 aromatic rings. The third-order valence-electron chi connectivity index (χ3n) is 3.50. The van der Waals surface area contributed by atoms with Crippen molar-refractivity contribution in [1.29, 1.82) is 0 Å². The molecule has 98 valence electrons. The molecule has 1 heterocycles. The summed E-state index contributed by atoms with van der Waals surface area (Å²) >= 11 is 1.56. The highest BCUT2D eigenvalue weighted by atomic mass is 32.2. The van der Waals surface area contributed by atoms with Crippen molar-refractivity contribution in [3.63, 3.8) is 0 Å². The molecule has 0 spiro atoms. The highest BCUT2D eigenvalue weighted by Gasteiger charge is 2.33. The molecule has 1 saturated heterocycles. The second-order valence-electron chi connectivity index (χ2n) is 4.70. The number of amides is 1. The van der Waals surface area contributed by atoms with E-state index in [2.05, 4.69) is 6.92 Å². The van der Waals surface area contributed by atoms with Gasteiger partial charge in [0.15, 0.2) is 0 Å². The predicted molar refractivity (Wildman–Crippen MR) is 73.5 cm³/mol. The molecule has 1 aliphatic rings. The van der Waals surface area contributed by atoms with Crippen molar-refractivity contribution >= 4 is 17.7 Å². The number of carbonyl (C=O) groups is 1. The minimum atomic E-state index is 0.00822. The van der Waals surface area contributed by atoms with Crippen molar-refractivity contribution < 1.29 is 9.90 Å². The van der Waals surface area contributed by atoms with Gasteiger partial charge in [-0.05, 0) is 24.5 Å². The Hall–Kier alpha value is -1.00. The number of nitrogens with zero attached hydrogens (tertiary/aromatic N) is 1. The molecular formula is C14H19NO2S. The van der Waals surface area contributed by atoms with Crippen LogP contribution in [0.4, 0.5) is 0 Å². The van der Waals surface area contributed by atoms with Crippen LogP contribution in [0.15, 0.2) is 35.2 Å². The first kappa shape index (κ1) is 13.4. The summed E-state index contributed by atoms with van der Waals surface area (Å²) < 4.78 is 0. The quantitative estimate of drug-likeness (QED) is 0.847. The number of thioether (sulfide) groups is 1. The summed E-state index contributed by atoms with van der Waals surface area (Å²) in [5, 5.41) is 9.34. The molecule has 1 amide bonds. The average Bonchev–Trinajstić information content (AvgIpc) is 2.78. The molecule has 1 fully saturated rings. The zero-order valence-electron chi connectivity index (χ0n) is 10.6. The van der Waals surface area contributed by atoms with Gasteiger partial charge in [-0.2, -0.15) is 0 Å². The second kappa shape index (κ2) is 6.25. The Kier molecular flexibility index (Phi) is 4.66. The van der Waals surface area contributed by atoms with Gasteiger partial charge in [0, 0.05) is 11.4 Å². The van der Waals surface area contributed by atoms with Gasteiger partial charge < -0.3 is 10.0 Å². The molecule has 0 saturated carbocycles. The van der Waals surface area contributed by atoms with Gasteiger partial charge in [0.2, 0.25) is 5.91 Å². The molecule has 3 nitrogen and oxygen atoms in total. The van der Waals surface area contributed by atoms with Crippen LogP contribution in [0.5, 0.6) is 0 Å². The summed E-state index contributed by atoms with van der Waals surface area (Å²) in [5.74, 6) is 0.987. The maximum Gasteiger partial charge on any atom is 0.233 e. The first-order chi connectivity index (χ1) is 8.72. The maximum atomic E-state index is 12.1. The number of aliphatic hydroxyl groups excluding tert-OH is 1. The number of carbonyl (C=O) groups excluding carboxylic acids is 1. The van der Waals surface area contributed by atoms with Gasteiger partial charge in [-0.1, -0.05) is 25.1 Å². The third-order valence-corrected chi connectivity index (χ3v) is 4.49. The second-order valence-corrected chi connectivity index (χ2v) is 5.75. The fourth-order valence-electron chi connectivity index (χ4n) is 2.34. The lowest BCUT2D eigenvalue weighted by Gasteiger charge is -2.25. The van der Waals surface area contributed by atoms with Crippen LogP contribution in [0.3, 0.4) is 0 Å². The summed E-state index contributed by atoms with van der Waals surface area (Å²) in [6, 6.07) is 9.94. The molecule has 2 unspecified atom stereocenters. The van der Waals surface area contributed by atoms with Crippen molar-refractivity contribution in [3.8, 4) is 0 Å². The Balaban J connectivity index is 1.88. The normalized spacial score (nSPS) is 23.3. The van der Waals surface area contributed by atoms with Crippen molar-refractivity contribution in [2.45, 2.75) is 24.3 Å². The summed E-state index contributed by atoms with van der Waals surface area (Å²) in [7, 11) is 0. The topological polar surface area (TPSA) is 40.5 Å². The van der Waals surface area contributed by atoms with Crippen LogP contribution in [-0.2, 0) is 4.79 Å². The highest BCUT2D eigenvalue weighted by Crippen LogP contribution is 2.25. The van der Waals surface area contributed by atoms with Gasteiger partial charge >= 0.3 is 0 Å². The fourth-order valence-corrected chi connectivity index (χ4v) is 3.15. The van der Waals surface area contributed by atoms with Crippen LogP contribution in [0.1, 0.15) is 13.3 Å². The van der Waals surface area contributed by atoms with E-state index < -0.39 is 0 Å². The van der Waals surface area contributed by atoms with E-state index in [1.807, 2.05) is 35.2 Å².